The lowest BCUT2D eigenvalue weighted by Crippen LogP contribution is -2.44. The predicted molar refractivity (Wildman–Crippen MR) is 91.9 cm³/mol. The zero-order chi connectivity index (χ0) is 19.3. The second-order valence-corrected chi connectivity index (χ2v) is 5.89. The lowest BCUT2D eigenvalue weighted by Gasteiger charge is -2.28. The molecule has 1 heterocycles. The minimum Gasteiger partial charge on any atom is -0.490 e. The maximum atomic E-state index is 13.0. The summed E-state index contributed by atoms with van der Waals surface area (Å²) in [5.74, 6) is -0.634. The SMILES string of the molecule is CCOC(C)OC[C@@H]1CCC(O)N1C(=O)c1cccc(OC)c1[N+](=O)[O-]. The van der Waals surface area contributed by atoms with Gasteiger partial charge in [-0.2, -0.15) is 0 Å². The van der Waals surface area contributed by atoms with Crippen LogP contribution >= 0.6 is 0 Å². The molecule has 1 aliphatic heterocycles. The summed E-state index contributed by atoms with van der Waals surface area (Å²) in [4.78, 5) is 25.0. The first-order valence-electron chi connectivity index (χ1n) is 8.46. The average molecular weight is 368 g/mol. The third-order valence-electron chi connectivity index (χ3n) is 4.26. The standard InChI is InChI=1S/C17H24N2O7/c1-4-25-11(2)26-10-12-8-9-15(20)18(12)17(21)13-6-5-7-14(24-3)16(13)19(22)23/h5-7,11-12,15,20H,4,8-10H2,1-3H3/t11?,12-,15?/m0/s1. The number of amides is 1. The van der Waals surface area contributed by atoms with Crippen LogP contribution in [-0.4, -0.2) is 59.7 Å². The quantitative estimate of drug-likeness (QED) is 0.424. The van der Waals surface area contributed by atoms with Crippen LogP contribution < -0.4 is 4.74 Å². The first-order valence-corrected chi connectivity index (χ1v) is 8.46. The van der Waals surface area contributed by atoms with Gasteiger partial charge >= 0.3 is 5.69 Å². The van der Waals surface area contributed by atoms with Crippen LogP contribution in [0.4, 0.5) is 5.69 Å². The Kier molecular flexibility index (Phi) is 6.90. The van der Waals surface area contributed by atoms with Gasteiger partial charge in [-0.05, 0) is 38.8 Å². The number of carbonyl (C=O) groups excluding carboxylic acids is 1. The van der Waals surface area contributed by atoms with Crippen molar-refractivity contribution in [2.45, 2.75) is 45.2 Å². The second-order valence-electron chi connectivity index (χ2n) is 5.89. The van der Waals surface area contributed by atoms with E-state index in [0.717, 1.165) is 0 Å². The van der Waals surface area contributed by atoms with Crippen molar-refractivity contribution in [1.82, 2.24) is 4.90 Å². The molecule has 2 unspecified atom stereocenters. The van der Waals surface area contributed by atoms with Crippen molar-refractivity contribution in [2.75, 3.05) is 20.3 Å². The van der Waals surface area contributed by atoms with Gasteiger partial charge in [0.25, 0.3) is 5.91 Å². The summed E-state index contributed by atoms with van der Waals surface area (Å²) in [5, 5.41) is 21.7. The van der Waals surface area contributed by atoms with Crippen molar-refractivity contribution >= 4 is 11.6 Å². The molecule has 1 aromatic carbocycles. The fourth-order valence-electron chi connectivity index (χ4n) is 3.04. The minimum atomic E-state index is -1.02. The number of aliphatic hydroxyl groups excluding tert-OH is 1. The number of hydrogen-bond donors (Lipinski definition) is 1. The fraction of sp³-hybridized carbons (Fsp3) is 0.588. The first kappa shape index (κ1) is 20.1. The van der Waals surface area contributed by atoms with Gasteiger partial charge in [-0.1, -0.05) is 6.07 Å². The van der Waals surface area contributed by atoms with Gasteiger partial charge in [-0.15, -0.1) is 0 Å². The third-order valence-corrected chi connectivity index (χ3v) is 4.26. The molecule has 1 fully saturated rings. The Morgan fingerprint density at radius 3 is 2.77 bits per heavy atom. The molecule has 1 aromatic rings. The second kappa shape index (κ2) is 8.93. The summed E-state index contributed by atoms with van der Waals surface area (Å²) in [6, 6.07) is 3.88. The van der Waals surface area contributed by atoms with Crippen LogP contribution in [0.5, 0.6) is 5.75 Å². The fourth-order valence-corrected chi connectivity index (χ4v) is 3.04. The Hall–Kier alpha value is -2.23. The van der Waals surface area contributed by atoms with Crippen molar-refractivity contribution < 1.29 is 29.0 Å². The van der Waals surface area contributed by atoms with Crippen LogP contribution in [0.1, 0.15) is 37.0 Å². The third kappa shape index (κ3) is 4.29. The predicted octanol–water partition coefficient (Wildman–Crippen LogP) is 1.93. The van der Waals surface area contributed by atoms with E-state index in [2.05, 4.69) is 0 Å². The number of nitrogens with zero attached hydrogens (tertiary/aromatic N) is 2. The van der Waals surface area contributed by atoms with Gasteiger partial charge in [0.2, 0.25) is 0 Å². The van der Waals surface area contributed by atoms with Crippen molar-refractivity contribution in [3.63, 3.8) is 0 Å². The largest absolute Gasteiger partial charge is 0.490 e. The molecule has 0 saturated carbocycles. The molecule has 1 amide bonds. The van der Waals surface area contributed by atoms with Crippen molar-refractivity contribution in [1.29, 1.82) is 0 Å². The summed E-state index contributed by atoms with van der Waals surface area (Å²) in [6.45, 7) is 4.25. The van der Waals surface area contributed by atoms with E-state index in [9.17, 15) is 20.0 Å². The number of nitro groups is 1. The Balaban J connectivity index is 2.25. The molecular formula is C17H24N2O7. The molecule has 0 aromatic heterocycles. The molecule has 144 valence electrons. The molecule has 9 heteroatoms. The summed E-state index contributed by atoms with van der Waals surface area (Å²) in [5.41, 5.74) is -0.542. The van der Waals surface area contributed by atoms with Gasteiger partial charge in [-0.3, -0.25) is 14.9 Å². The minimum absolute atomic E-state index is 0.00713. The number of rotatable bonds is 8. The summed E-state index contributed by atoms with van der Waals surface area (Å²) >= 11 is 0. The maximum Gasteiger partial charge on any atom is 0.323 e. The highest BCUT2D eigenvalue weighted by molar-refractivity contribution is 5.99. The molecule has 0 aliphatic carbocycles. The van der Waals surface area contributed by atoms with E-state index in [-0.39, 0.29) is 17.9 Å². The molecule has 1 N–H and O–H groups in total. The Bertz CT molecular complexity index is 652. The molecule has 9 nitrogen and oxygen atoms in total. The van der Waals surface area contributed by atoms with Crippen LogP contribution in [0.15, 0.2) is 18.2 Å². The molecule has 0 spiro atoms. The van der Waals surface area contributed by atoms with E-state index < -0.39 is 35.1 Å². The van der Waals surface area contributed by atoms with Crippen LogP contribution in [-0.2, 0) is 9.47 Å². The molecule has 3 atom stereocenters. The highest BCUT2D eigenvalue weighted by Gasteiger charge is 2.39. The van der Waals surface area contributed by atoms with Gasteiger partial charge in [0.15, 0.2) is 12.0 Å². The summed E-state index contributed by atoms with van der Waals surface area (Å²) < 4.78 is 15.9. The number of carbonyl (C=O) groups is 1. The molecule has 1 saturated heterocycles. The monoisotopic (exact) mass is 368 g/mol. The summed E-state index contributed by atoms with van der Waals surface area (Å²) in [6.07, 6.45) is -0.561. The van der Waals surface area contributed by atoms with E-state index in [1.54, 1.807) is 6.92 Å². The van der Waals surface area contributed by atoms with Gasteiger partial charge in [0.1, 0.15) is 11.8 Å². The van der Waals surface area contributed by atoms with Crippen molar-refractivity contribution in [3.05, 3.63) is 33.9 Å². The van der Waals surface area contributed by atoms with Crippen molar-refractivity contribution in [3.8, 4) is 5.75 Å². The smallest absolute Gasteiger partial charge is 0.323 e. The number of benzene rings is 1. The van der Waals surface area contributed by atoms with Crippen LogP contribution in [0.25, 0.3) is 0 Å². The van der Waals surface area contributed by atoms with Gasteiger partial charge < -0.3 is 24.2 Å². The van der Waals surface area contributed by atoms with E-state index in [1.807, 2.05) is 6.92 Å². The van der Waals surface area contributed by atoms with Crippen molar-refractivity contribution in [2.24, 2.45) is 0 Å². The molecular weight excluding hydrogens is 344 g/mol. The zero-order valence-corrected chi connectivity index (χ0v) is 15.1. The number of hydrogen-bond acceptors (Lipinski definition) is 7. The molecule has 0 radical (unpaired) electrons. The highest BCUT2D eigenvalue weighted by Crippen LogP contribution is 2.34. The van der Waals surface area contributed by atoms with Crippen LogP contribution in [0.3, 0.4) is 0 Å². The average Bonchev–Trinajstić information content (AvgIpc) is 2.99. The lowest BCUT2D eigenvalue weighted by atomic mass is 10.1. The number of para-hydroxylation sites is 1. The molecule has 26 heavy (non-hydrogen) atoms. The van der Waals surface area contributed by atoms with Gasteiger partial charge in [0, 0.05) is 6.61 Å². The number of likely N-dealkylation sites (tertiary alicyclic amines) is 1. The van der Waals surface area contributed by atoms with Crippen LogP contribution in [0.2, 0.25) is 0 Å². The Morgan fingerprint density at radius 1 is 1.42 bits per heavy atom. The van der Waals surface area contributed by atoms with Crippen LogP contribution in [0, 0.1) is 10.1 Å². The highest BCUT2D eigenvalue weighted by atomic mass is 16.7. The zero-order valence-electron chi connectivity index (χ0n) is 15.1. The maximum absolute atomic E-state index is 13.0. The topological polar surface area (TPSA) is 111 Å². The Morgan fingerprint density at radius 2 is 2.15 bits per heavy atom. The van der Waals surface area contributed by atoms with Gasteiger partial charge in [-0.25, -0.2) is 0 Å². The van der Waals surface area contributed by atoms with Gasteiger partial charge in [0.05, 0.1) is 24.7 Å². The van der Waals surface area contributed by atoms with E-state index >= 15 is 0 Å². The number of nitro benzene ring substituents is 1. The van der Waals surface area contributed by atoms with E-state index in [0.29, 0.717) is 19.4 Å². The Labute approximate surface area is 151 Å². The molecule has 2 rings (SSSR count). The lowest BCUT2D eigenvalue weighted by molar-refractivity contribution is -0.386. The number of aliphatic hydroxyl groups is 1. The van der Waals surface area contributed by atoms with E-state index in [4.69, 9.17) is 14.2 Å². The molecule has 1 aliphatic rings. The molecule has 0 bridgehead atoms. The summed E-state index contributed by atoms with van der Waals surface area (Å²) in [7, 11) is 1.30. The number of methoxy groups -OCH3 is 1. The normalized spacial score (nSPS) is 20.8. The first-order chi connectivity index (χ1) is 12.4. The number of ether oxygens (including phenoxy) is 3. The van der Waals surface area contributed by atoms with E-state index in [1.165, 1.54) is 30.2 Å².